The molecule has 44 heavy (non-hydrogen) atoms. The van der Waals surface area contributed by atoms with Crippen LogP contribution in [0.25, 0.3) is 22.3 Å². The number of ether oxygens (including phenoxy) is 2. The molecule has 6 heterocycles. The van der Waals surface area contributed by atoms with Gasteiger partial charge in [-0.05, 0) is 5.57 Å². The monoisotopic (exact) mass is 655 g/mol. The van der Waals surface area contributed by atoms with Crippen LogP contribution in [0.3, 0.4) is 0 Å². The Morgan fingerprint density at radius 1 is 1.05 bits per heavy atom. The Balaban J connectivity index is 1.26. The Kier molecular flexibility index (Phi) is 7.79. The number of rotatable bonds is 9. The Hall–Kier alpha value is -3.75. The van der Waals surface area contributed by atoms with Gasteiger partial charge in [-0.15, -0.1) is 9.42 Å². The smallest absolute Gasteiger partial charge is 0.387 e. The minimum absolute atomic E-state index is 0.0506. The first-order valence-corrected chi connectivity index (χ1v) is 15.4. The molecule has 0 spiro atoms. The summed E-state index contributed by atoms with van der Waals surface area (Å²) < 4.78 is 49.3. The van der Waals surface area contributed by atoms with Crippen molar-refractivity contribution in [2.45, 2.75) is 42.5 Å². The average molecular weight is 655 g/mol. The molecule has 0 aromatic carbocycles. The van der Waals surface area contributed by atoms with E-state index in [4.69, 9.17) is 34.9 Å². The standard InChI is InChI=1S/C21H24N10O11P2/c1-7-8(2-39-43(35)36)41-20(31-6-27-11-17(31)28-21(23)29-18(11)34)14(7)44(37,38)40-3-9-12(32)13(33)19(42-9)30-5-26-10-15(22)24-4-25-16(10)30/h4-6,8-9,12-14,19-20,32-33H,1-3H2,(H6-,22,23,24,25,28,29,34,35,36,37,38)/p+1/t8-,9-,12-,13-,14-,19-,20-/m1/s1. The lowest BCUT2D eigenvalue weighted by molar-refractivity contribution is -0.0494. The molecule has 2 aliphatic rings. The summed E-state index contributed by atoms with van der Waals surface area (Å²) in [6.07, 6.45) is -4.65. The molecule has 23 heteroatoms. The van der Waals surface area contributed by atoms with Crippen LogP contribution in [0.1, 0.15) is 12.5 Å². The van der Waals surface area contributed by atoms with E-state index in [1.165, 1.54) is 21.8 Å². The highest BCUT2D eigenvalue weighted by atomic mass is 31.2. The van der Waals surface area contributed by atoms with E-state index in [2.05, 4.69) is 36.5 Å². The van der Waals surface area contributed by atoms with Crippen LogP contribution in [0.15, 0.2) is 35.9 Å². The first-order valence-electron chi connectivity index (χ1n) is 12.6. The third-order valence-corrected chi connectivity index (χ3v) is 9.38. The molecule has 4 aromatic heterocycles. The van der Waals surface area contributed by atoms with Gasteiger partial charge in [-0.3, -0.25) is 23.5 Å². The molecule has 2 fully saturated rings. The number of imidazole rings is 2. The number of H-pyrrole nitrogens is 1. The maximum Gasteiger partial charge on any atom is 0.694 e. The number of hydrogen-bond acceptors (Lipinski definition) is 16. The summed E-state index contributed by atoms with van der Waals surface area (Å²) in [6, 6.07) is 0. The number of fused-ring (bicyclic) bond motifs is 2. The number of aliphatic hydroxyl groups excluding tert-OH is 2. The Bertz CT molecular complexity index is 1880. The van der Waals surface area contributed by atoms with Crippen molar-refractivity contribution >= 4 is 49.9 Å². The van der Waals surface area contributed by atoms with Gasteiger partial charge in [0.15, 0.2) is 35.1 Å². The van der Waals surface area contributed by atoms with E-state index in [0.717, 1.165) is 6.33 Å². The molecule has 9 atom stereocenters. The molecule has 0 bridgehead atoms. The summed E-state index contributed by atoms with van der Waals surface area (Å²) in [7, 11) is -7.89. The van der Waals surface area contributed by atoms with Crippen molar-refractivity contribution in [1.82, 2.24) is 39.0 Å². The van der Waals surface area contributed by atoms with Gasteiger partial charge in [-0.25, -0.2) is 19.9 Å². The average Bonchev–Trinajstić information content (AvgIpc) is 3.72. The molecule has 2 aliphatic heterocycles. The minimum Gasteiger partial charge on any atom is -0.387 e. The van der Waals surface area contributed by atoms with Crippen molar-refractivity contribution in [2.75, 3.05) is 24.7 Å². The van der Waals surface area contributed by atoms with Gasteiger partial charge in [0.25, 0.3) is 5.56 Å². The van der Waals surface area contributed by atoms with E-state index in [1.54, 1.807) is 0 Å². The van der Waals surface area contributed by atoms with E-state index < -0.39 is 77.2 Å². The van der Waals surface area contributed by atoms with Crippen LogP contribution in [0.4, 0.5) is 11.8 Å². The lowest BCUT2D eigenvalue weighted by atomic mass is 10.1. The van der Waals surface area contributed by atoms with Gasteiger partial charge in [0.1, 0.15) is 48.5 Å². The summed E-state index contributed by atoms with van der Waals surface area (Å²) in [5.74, 6) is -0.183. The first-order chi connectivity index (χ1) is 20.9. The highest BCUT2D eigenvalue weighted by Gasteiger charge is 2.53. The van der Waals surface area contributed by atoms with Crippen molar-refractivity contribution in [1.29, 1.82) is 0 Å². The minimum atomic E-state index is -4.84. The van der Waals surface area contributed by atoms with Gasteiger partial charge in [0, 0.05) is 4.57 Å². The van der Waals surface area contributed by atoms with Crippen molar-refractivity contribution in [3.8, 4) is 0 Å². The summed E-state index contributed by atoms with van der Waals surface area (Å²) in [5.41, 5.74) is 9.40. The number of nitrogens with one attached hydrogen (secondary N) is 1. The van der Waals surface area contributed by atoms with E-state index in [0.29, 0.717) is 0 Å². The summed E-state index contributed by atoms with van der Waals surface area (Å²) in [5, 5.41) is 21.4. The summed E-state index contributed by atoms with van der Waals surface area (Å²) in [4.78, 5) is 55.0. The molecular weight excluding hydrogens is 630 g/mol. The van der Waals surface area contributed by atoms with Crippen molar-refractivity contribution in [3.63, 3.8) is 0 Å². The molecule has 2 saturated heterocycles. The summed E-state index contributed by atoms with van der Waals surface area (Å²) >= 11 is 0. The Morgan fingerprint density at radius 2 is 1.75 bits per heavy atom. The number of aromatic nitrogens is 8. The van der Waals surface area contributed by atoms with E-state index in [-0.39, 0.29) is 39.7 Å². The first kappa shape index (κ1) is 30.3. The third-order valence-electron chi connectivity index (χ3n) is 7.20. The molecule has 21 nitrogen and oxygen atoms in total. The van der Waals surface area contributed by atoms with Gasteiger partial charge < -0.3 is 40.6 Å². The Labute approximate surface area is 245 Å². The number of hydrogen-bond donors (Lipinski definition) is 7. The van der Waals surface area contributed by atoms with Gasteiger partial charge in [0.2, 0.25) is 5.95 Å². The fourth-order valence-corrected chi connectivity index (χ4v) is 7.02. The van der Waals surface area contributed by atoms with Crippen molar-refractivity contribution < 1.29 is 47.7 Å². The number of nitrogens with two attached hydrogens (primary N) is 2. The second-order valence-corrected chi connectivity index (χ2v) is 12.5. The van der Waals surface area contributed by atoms with Crippen LogP contribution < -0.4 is 17.0 Å². The SMILES string of the molecule is C=C1[C@@H](P(=O)(O)OC[C@H]2O[C@@H](n3cnc4c(N)ncnc43)[C@H](O)[C@@H]2O)[C@H](n2cnc3c(=O)[nH]c(N)nc32)O[C@@H]1CO[P+](=O)O. The van der Waals surface area contributed by atoms with Crippen LogP contribution in [0.5, 0.6) is 0 Å². The second kappa shape index (κ2) is 11.3. The van der Waals surface area contributed by atoms with E-state index in [1.807, 2.05) is 0 Å². The predicted octanol–water partition coefficient (Wildman–Crippen LogP) is -1.57. The predicted molar refractivity (Wildman–Crippen MR) is 147 cm³/mol. The van der Waals surface area contributed by atoms with Crippen LogP contribution >= 0.6 is 15.9 Å². The van der Waals surface area contributed by atoms with Gasteiger partial charge in [-0.2, -0.15) is 4.98 Å². The van der Waals surface area contributed by atoms with E-state index in [9.17, 15) is 29.0 Å². The molecular formula is C21H25N10O11P2+. The lowest BCUT2D eigenvalue weighted by Gasteiger charge is -2.26. The van der Waals surface area contributed by atoms with Gasteiger partial charge in [-0.1, -0.05) is 6.58 Å². The molecule has 2 unspecified atom stereocenters. The third kappa shape index (κ3) is 5.18. The van der Waals surface area contributed by atoms with Gasteiger partial charge >= 0.3 is 15.9 Å². The lowest BCUT2D eigenvalue weighted by Crippen LogP contribution is -2.34. The molecule has 0 aliphatic carbocycles. The fourth-order valence-electron chi connectivity index (χ4n) is 5.11. The number of aromatic amines is 1. The van der Waals surface area contributed by atoms with Crippen LogP contribution in [0, 0.1) is 0 Å². The van der Waals surface area contributed by atoms with Crippen LogP contribution in [-0.2, 0) is 27.7 Å². The van der Waals surface area contributed by atoms with Crippen LogP contribution in [-0.4, -0.2) is 102 Å². The molecule has 6 rings (SSSR count). The maximum atomic E-state index is 13.8. The van der Waals surface area contributed by atoms with Crippen LogP contribution in [0.2, 0.25) is 0 Å². The highest BCUT2D eigenvalue weighted by molar-refractivity contribution is 7.54. The molecule has 0 amide bonds. The molecule has 9 N–H and O–H groups in total. The quantitative estimate of drug-likeness (QED) is 0.0791. The fraction of sp³-hybridized carbons (Fsp3) is 0.429. The topological polar surface area (TPSA) is 311 Å². The maximum absolute atomic E-state index is 13.8. The Morgan fingerprint density at radius 3 is 2.48 bits per heavy atom. The zero-order valence-electron chi connectivity index (χ0n) is 22.2. The molecule has 234 valence electrons. The zero-order chi connectivity index (χ0) is 31.5. The van der Waals surface area contributed by atoms with Gasteiger partial charge in [0.05, 0.1) is 19.3 Å². The molecule has 4 aromatic rings. The highest BCUT2D eigenvalue weighted by Crippen LogP contribution is 2.59. The second-order valence-electron chi connectivity index (χ2n) is 9.83. The van der Waals surface area contributed by atoms with E-state index >= 15 is 0 Å². The largest absolute Gasteiger partial charge is 0.694 e. The van der Waals surface area contributed by atoms with Crippen molar-refractivity contribution in [2.24, 2.45) is 0 Å². The van der Waals surface area contributed by atoms with Crippen molar-refractivity contribution in [3.05, 3.63) is 41.5 Å². The molecule has 0 radical (unpaired) electrons. The number of nitrogen functional groups attached to an aromatic ring is 2. The number of nitrogens with zero attached hydrogens (tertiary/aromatic N) is 7. The zero-order valence-corrected chi connectivity index (χ0v) is 24.0. The summed E-state index contributed by atoms with van der Waals surface area (Å²) in [6.45, 7) is 2.62. The molecule has 0 saturated carbocycles. The normalized spacial score (nSPS) is 29.0. The number of anilines is 2. The number of aliphatic hydroxyl groups is 2.